The molecule has 1 saturated heterocycles. The number of carbonyl (C=O) groups is 1. The fraction of sp³-hybridized carbons (Fsp3) is 0.273. The van der Waals surface area contributed by atoms with E-state index in [1.54, 1.807) is 36.8 Å². The van der Waals surface area contributed by atoms with Crippen LogP contribution in [0.2, 0.25) is 0 Å². The number of benzene rings is 2. The minimum absolute atomic E-state index is 0.0655. The molecule has 4 rings (SSSR count). The zero-order chi connectivity index (χ0) is 20.2. The molecule has 0 spiro atoms. The first kappa shape index (κ1) is 19.1. The average molecular weight is 394 g/mol. The number of phenolic OH excluding ortho intramolecular Hbond substituents is 1. The Morgan fingerprint density at radius 2 is 1.79 bits per heavy atom. The van der Waals surface area contributed by atoms with E-state index in [-0.39, 0.29) is 17.5 Å². The average Bonchev–Trinajstić information content (AvgIpc) is 3.11. The van der Waals surface area contributed by atoms with E-state index in [0.717, 1.165) is 23.4 Å². The predicted octanol–water partition coefficient (Wildman–Crippen LogP) is 2.62. The fourth-order valence-corrected chi connectivity index (χ4v) is 3.62. The van der Waals surface area contributed by atoms with Gasteiger partial charge in [0.25, 0.3) is 0 Å². The number of aromatic hydroxyl groups is 1. The van der Waals surface area contributed by atoms with E-state index in [4.69, 9.17) is 0 Å². The van der Waals surface area contributed by atoms with Crippen LogP contribution in [0, 0.1) is 5.82 Å². The summed E-state index contributed by atoms with van der Waals surface area (Å²) in [4.78, 5) is 20.7. The van der Waals surface area contributed by atoms with Crippen LogP contribution in [0.4, 0.5) is 4.39 Å². The highest BCUT2D eigenvalue weighted by Crippen LogP contribution is 2.16. The lowest BCUT2D eigenvalue weighted by atomic mass is 10.2. The number of hydrogen-bond donors (Lipinski definition) is 1. The molecule has 0 aliphatic carbocycles. The number of piperazine rings is 1. The quantitative estimate of drug-likeness (QED) is 0.698. The molecule has 150 valence electrons. The van der Waals surface area contributed by atoms with Gasteiger partial charge in [-0.15, -0.1) is 0 Å². The van der Waals surface area contributed by atoms with E-state index in [1.165, 1.54) is 12.1 Å². The van der Waals surface area contributed by atoms with Gasteiger partial charge in [-0.3, -0.25) is 9.69 Å². The summed E-state index contributed by atoms with van der Waals surface area (Å²) in [5, 5.41) is 9.60. The van der Waals surface area contributed by atoms with E-state index in [1.807, 2.05) is 21.6 Å². The molecule has 3 aromatic rings. The van der Waals surface area contributed by atoms with Gasteiger partial charge < -0.3 is 14.6 Å². The van der Waals surface area contributed by atoms with Crippen LogP contribution in [-0.4, -0.2) is 50.0 Å². The van der Waals surface area contributed by atoms with Crippen molar-refractivity contribution in [1.82, 2.24) is 19.4 Å². The summed E-state index contributed by atoms with van der Waals surface area (Å²) in [5.74, 6) is 0.0218. The summed E-state index contributed by atoms with van der Waals surface area (Å²) < 4.78 is 15.4. The monoisotopic (exact) mass is 394 g/mol. The second-order valence-electron chi connectivity index (χ2n) is 7.34. The molecule has 6 nitrogen and oxygen atoms in total. The molecular weight excluding hydrogens is 371 g/mol. The lowest BCUT2D eigenvalue weighted by Gasteiger charge is -2.34. The Labute approximate surface area is 168 Å². The molecule has 1 aliphatic heterocycles. The van der Waals surface area contributed by atoms with Crippen molar-refractivity contribution in [1.29, 1.82) is 0 Å². The Hall–Kier alpha value is -3.19. The second-order valence-corrected chi connectivity index (χ2v) is 7.34. The van der Waals surface area contributed by atoms with Crippen molar-refractivity contribution in [3.8, 4) is 5.75 Å². The van der Waals surface area contributed by atoms with Crippen LogP contribution in [-0.2, 0) is 24.4 Å². The largest absolute Gasteiger partial charge is 0.508 e. The zero-order valence-corrected chi connectivity index (χ0v) is 16.0. The van der Waals surface area contributed by atoms with E-state index in [2.05, 4.69) is 9.88 Å². The molecule has 7 heteroatoms. The van der Waals surface area contributed by atoms with Gasteiger partial charge in [0.1, 0.15) is 11.6 Å². The van der Waals surface area contributed by atoms with Crippen LogP contribution in [0.25, 0.3) is 0 Å². The Kier molecular flexibility index (Phi) is 5.57. The summed E-state index contributed by atoms with van der Waals surface area (Å²) in [7, 11) is 0. The third kappa shape index (κ3) is 4.81. The van der Waals surface area contributed by atoms with Gasteiger partial charge in [-0.25, -0.2) is 9.37 Å². The van der Waals surface area contributed by atoms with Crippen LogP contribution in [0.3, 0.4) is 0 Å². The molecule has 0 atom stereocenters. The Balaban J connectivity index is 1.36. The van der Waals surface area contributed by atoms with Crippen molar-refractivity contribution in [2.75, 3.05) is 19.6 Å². The molecule has 0 bridgehead atoms. The van der Waals surface area contributed by atoms with Crippen LogP contribution >= 0.6 is 0 Å². The van der Waals surface area contributed by atoms with Crippen molar-refractivity contribution < 1.29 is 14.3 Å². The molecule has 2 heterocycles. The van der Waals surface area contributed by atoms with Gasteiger partial charge in [0.2, 0.25) is 5.91 Å². The first-order valence-corrected chi connectivity index (χ1v) is 9.58. The summed E-state index contributed by atoms with van der Waals surface area (Å²) in [5.41, 5.74) is 2.78. The smallest absolute Gasteiger partial charge is 0.237 e. The first-order chi connectivity index (χ1) is 14.1. The predicted molar refractivity (Wildman–Crippen MR) is 107 cm³/mol. The lowest BCUT2D eigenvalue weighted by molar-refractivity contribution is -0.136. The summed E-state index contributed by atoms with van der Waals surface area (Å²) in [6.45, 7) is 3.38. The number of hydrogen-bond acceptors (Lipinski definition) is 4. The van der Waals surface area contributed by atoms with Gasteiger partial charge >= 0.3 is 0 Å². The highest BCUT2D eigenvalue weighted by molar-refractivity contribution is 5.79. The van der Waals surface area contributed by atoms with Crippen molar-refractivity contribution in [2.24, 2.45) is 0 Å². The second kappa shape index (κ2) is 8.45. The molecule has 1 aromatic heterocycles. The molecular formula is C22H23FN4O2. The third-order valence-corrected chi connectivity index (χ3v) is 5.11. The van der Waals surface area contributed by atoms with Gasteiger partial charge in [-0.05, 0) is 35.4 Å². The number of halogens is 1. The SMILES string of the molecule is O=C1CN(Cc2cncn2Cc2cccc(F)c2)CCN1Cc1cccc(O)c1. The van der Waals surface area contributed by atoms with Crippen LogP contribution < -0.4 is 0 Å². The van der Waals surface area contributed by atoms with E-state index in [9.17, 15) is 14.3 Å². The lowest BCUT2D eigenvalue weighted by Crippen LogP contribution is -2.49. The topological polar surface area (TPSA) is 61.6 Å². The highest BCUT2D eigenvalue weighted by Gasteiger charge is 2.24. The molecule has 0 radical (unpaired) electrons. The Bertz CT molecular complexity index is 1000. The number of rotatable bonds is 6. The molecule has 0 unspecified atom stereocenters. The van der Waals surface area contributed by atoms with Crippen LogP contribution in [0.1, 0.15) is 16.8 Å². The van der Waals surface area contributed by atoms with Gasteiger partial charge in [0, 0.05) is 38.9 Å². The summed E-state index contributed by atoms with van der Waals surface area (Å²) in [6, 6.07) is 13.5. The maximum Gasteiger partial charge on any atom is 0.237 e. The molecule has 1 amide bonds. The Morgan fingerprint density at radius 3 is 2.55 bits per heavy atom. The van der Waals surface area contributed by atoms with E-state index >= 15 is 0 Å². The number of aromatic nitrogens is 2. The summed E-state index contributed by atoms with van der Waals surface area (Å²) in [6.07, 6.45) is 3.53. The maximum absolute atomic E-state index is 13.4. The molecule has 29 heavy (non-hydrogen) atoms. The molecule has 1 aliphatic rings. The first-order valence-electron chi connectivity index (χ1n) is 9.58. The van der Waals surface area contributed by atoms with Crippen LogP contribution in [0.15, 0.2) is 61.1 Å². The number of nitrogens with zero attached hydrogens (tertiary/aromatic N) is 4. The number of carbonyl (C=O) groups excluding carboxylic acids is 1. The van der Waals surface area contributed by atoms with Crippen molar-refractivity contribution >= 4 is 5.91 Å². The number of imidazole rings is 1. The molecule has 2 aromatic carbocycles. The van der Waals surface area contributed by atoms with E-state index < -0.39 is 0 Å². The van der Waals surface area contributed by atoms with Gasteiger partial charge in [0.15, 0.2) is 0 Å². The minimum Gasteiger partial charge on any atom is -0.508 e. The van der Waals surface area contributed by atoms with Crippen molar-refractivity contribution in [2.45, 2.75) is 19.6 Å². The molecule has 1 N–H and O–H groups in total. The van der Waals surface area contributed by atoms with Gasteiger partial charge in [0.05, 0.1) is 18.6 Å². The molecule has 0 saturated carbocycles. The number of amides is 1. The molecule has 1 fully saturated rings. The minimum atomic E-state index is -0.252. The van der Waals surface area contributed by atoms with Crippen molar-refractivity contribution in [3.05, 3.63) is 83.7 Å². The van der Waals surface area contributed by atoms with Crippen LogP contribution in [0.5, 0.6) is 5.75 Å². The normalized spacial score (nSPS) is 15.1. The van der Waals surface area contributed by atoms with Gasteiger partial charge in [-0.2, -0.15) is 0 Å². The van der Waals surface area contributed by atoms with E-state index in [0.29, 0.717) is 32.7 Å². The standard InChI is InChI=1S/C22H23FN4O2/c23-19-5-1-3-17(9-19)13-27-16-24-11-20(27)14-25-7-8-26(22(29)15-25)12-18-4-2-6-21(28)10-18/h1-6,9-11,16,28H,7-8,12-15H2. The third-order valence-electron chi connectivity index (χ3n) is 5.11. The summed E-state index contributed by atoms with van der Waals surface area (Å²) >= 11 is 0. The Morgan fingerprint density at radius 1 is 1.00 bits per heavy atom. The van der Waals surface area contributed by atoms with Crippen molar-refractivity contribution in [3.63, 3.8) is 0 Å². The zero-order valence-electron chi connectivity index (χ0n) is 16.0. The highest BCUT2D eigenvalue weighted by atomic mass is 19.1. The maximum atomic E-state index is 13.4. The van der Waals surface area contributed by atoms with Gasteiger partial charge in [-0.1, -0.05) is 24.3 Å². The fourth-order valence-electron chi connectivity index (χ4n) is 3.62. The number of phenols is 1.